The summed E-state index contributed by atoms with van der Waals surface area (Å²) in [6.07, 6.45) is 2.90. The Morgan fingerprint density at radius 3 is 2.82 bits per heavy atom. The highest BCUT2D eigenvalue weighted by Crippen LogP contribution is 2.43. The number of benzene rings is 1. The zero-order valence-corrected chi connectivity index (χ0v) is 15.4. The number of aliphatic hydroxyl groups is 1. The monoisotopic (exact) mass is 383 g/mol. The number of hydrogen-bond donors (Lipinski definition) is 3. The van der Waals surface area contributed by atoms with Crippen LogP contribution >= 0.6 is 0 Å². The Bertz CT molecular complexity index is 1120. The second kappa shape index (κ2) is 5.96. The first-order valence-corrected chi connectivity index (χ1v) is 9.34. The Labute approximate surface area is 159 Å². The van der Waals surface area contributed by atoms with Crippen molar-refractivity contribution in [3.8, 4) is 5.75 Å². The fourth-order valence-electron chi connectivity index (χ4n) is 4.29. The number of aryl methyl sites for hydroxylation is 1. The summed E-state index contributed by atoms with van der Waals surface area (Å²) in [6, 6.07) is 5.15. The lowest BCUT2D eigenvalue weighted by molar-refractivity contribution is -0.0504. The lowest BCUT2D eigenvalue weighted by Crippen LogP contribution is -2.51. The van der Waals surface area contributed by atoms with Gasteiger partial charge < -0.3 is 24.7 Å². The van der Waals surface area contributed by atoms with Crippen LogP contribution in [0.4, 0.5) is 0 Å². The summed E-state index contributed by atoms with van der Waals surface area (Å²) < 4.78 is 7.87. The van der Waals surface area contributed by atoms with Crippen LogP contribution in [-0.4, -0.2) is 54.4 Å². The van der Waals surface area contributed by atoms with Crippen molar-refractivity contribution in [3.05, 3.63) is 46.1 Å². The van der Waals surface area contributed by atoms with Gasteiger partial charge in [-0.15, -0.1) is 0 Å². The predicted molar refractivity (Wildman–Crippen MR) is 100 cm³/mol. The van der Waals surface area contributed by atoms with E-state index in [1.165, 1.54) is 0 Å². The zero-order valence-electron chi connectivity index (χ0n) is 15.4. The quantitative estimate of drug-likeness (QED) is 0.581. The molecule has 5 rings (SSSR count). The molecule has 1 unspecified atom stereocenters. The number of aromatic nitrogens is 4. The van der Waals surface area contributed by atoms with Gasteiger partial charge in [-0.25, -0.2) is 4.79 Å². The third-order valence-corrected chi connectivity index (χ3v) is 5.75. The van der Waals surface area contributed by atoms with Crippen molar-refractivity contribution >= 4 is 16.9 Å². The zero-order chi connectivity index (χ0) is 19.5. The highest BCUT2D eigenvalue weighted by Gasteiger charge is 2.44. The molecule has 1 amide bonds. The fourth-order valence-corrected chi connectivity index (χ4v) is 4.29. The van der Waals surface area contributed by atoms with Crippen molar-refractivity contribution < 1.29 is 14.6 Å². The molecule has 28 heavy (non-hydrogen) atoms. The minimum Gasteiger partial charge on any atom is -0.483 e. The highest BCUT2D eigenvalue weighted by molar-refractivity contribution is 5.97. The number of fused-ring (bicyclic) bond motifs is 2. The molecule has 146 valence electrons. The number of aromatic amines is 2. The Morgan fingerprint density at radius 2 is 2.04 bits per heavy atom. The summed E-state index contributed by atoms with van der Waals surface area (Å²) in [6.45, 7) is 1.09. The summed E-state index contributed by atoms with van der Waals surface area (Å²) in [7, 11) is 1.80. The second-order valence-corrected chi connectivity index (χ2v) is 7.69. The van der Waals surface area contributed by atoms with Crippen LogP contribution in [0.2, 0.25) is 0 Å². The van der Waals surface area contributed by atoms with Gasteiger partial charge in [0, 0.05) is 45.0 Å². The van der Waals surface area contributed by atoms with E-state index in [2.05, 4.69) is 15.1 Å². The predicted octanol–water partition coefficient (Wildman–Crippen LogP) is 1.08. The standard InChI is InChI=1S/C19H21N5O4/c1-23-10-15-16(22-23)14(25)9-19(28-15)4-6-24(7-5-19)17(26)11-2-3-12-13(8-11)21-18(27)20-12/h2-3,8,10,14,25H,4-7,9H2,1H3,(H2,20,21,27). The molecule has 1 atom stereocenters. The number of nitrogens with one attached hydrogen (secondary N) is 2. The number of rotatable bonds is 1. The first-order valence-electron chi connectivity index (χ1n) is 9.34. The lowest BCUT2D eigenvalue weighted by Gasteiger charge is -2.44. The van der Waals surface area contributed by atoms with Gasteiger partial charge in [-0.2, -0.15) is 5.10 Å². The molecule has 9 heteroatoms. The van der Waals surface area contributed by atoms with Crippen LogP contribution in [0.15, 0.2) is 29.2 Å². The molecule has 4 heterocycles. The molecule has 2 aromatic heterocycles. The Hall–Kier alpha value is -3.07. The van der Waals surface area contributed by atoms with E-state index in [0.717, 1.165) is 0 Å². The fraction of sp³-hybridized carbons (Fsp3) is 0.421. The minimum atomic E-state index is -0.653. The van der Waals surface area contributed by atoms with Crippen LogP contribution in [0.1, 0.15) is 41.4 Å². The van der Waals surface area contributed by atoms with E-state index in [1.54, 1.807) is 41.0 Å². The van der Waals surface area contributed by atoms with E-state index < -0.39 is 11.7 Å². The highest BCUT2D eigenvalue weighted by atomic mass is 16.5. The van der Waals surface area contributed by atoms with E-state index in [-0.39, 0.29) is 11.6 Å². The second-order valence-electron chi connectivity index (χ2n) is 7.69. The molecule has 1 aromatic carbocycles. The molecule has 1 spiro atoms. The van der Waals surface area contributed by atoms with Gasteiger partial charge in [0.2, 0.25) is 0 Å². The summed E-state index contributed by atoms with van der Waals surface area (Å²) in [4.78, 5) is 31.5. The normalized spacial score (nSPS) is 20.9. The number of nitrogens with zero attached hydrogens (tertiary/aromatic N) is 3. The molecule has 1 fully saturated rings. The van der Waals surface area contributed by atoms with Gasteiger partial charge in [-0.1, -0.05) is 0 Å². The minimum absolute atomic E-state index is 0.0720. The number of ether oxygens (including phenoxy) is 1. The Morgan fingerprint density at radius 1 is 1.29 bits per heavy atom. The number of piperidine rings is 1. The van der Waals surface area contributed by atoms with Gasteiger partial charge >= 0.3 is 5.69 Å². The average molecular weight is 383 g/mol. The molecule has 3 aromatic rings. The maximum atomic E-state index is 12.9. The van der Waals surface area contributed by atoms with Crippen LogP contribution in [0, 0.1) is 0 Å². The van der Waals surface area contributed by atoms with Crippen LogP contribution in [0.25, 0.3) is 11.0 Å². The molecular formula is C19H21N5O4. The third kappa shape index (κ3) is 2.70. The molecule has 3 N–H and O–H groups in total. The first-order chi connectivity index (χ1) is 13.4. The van der Waals surface area contributed by atoms with Crippen LogP contribution in [-0.2, 0) is 7.05 Å². The topological polar surface area (TPSA) is 116 Å². The van der Waals surface area contributed by atoms with Gasteiger partial charge in [-0.05, 0) is 18.2 Å². The molecular weight excluding hydrogens is 362 g/mol. The maximum Gasteiger partial charge on any atom is 0.323 e. The summed E-state index contributed by atoms with van der Waals surface area (Å²) in [5, 5.41) is 14.7. The van der Waals surface area contributed by atoms with Crippen molar-refractivity contribution in [3.63, 3.8) is 0 Å². The van der Waals surface area contributed by atoms with E-state index in [4.69, 9.17) is 4.74 Å². The summed E-state index contributed by atoms with van der Waals surface area (Å²) in [5.41, 5.74) is 1.66. The molecule has 1 saturated heterocycles. The number of carbonyl (C=O) groups is 1. The maximum absolute atomic E-state index is 12.9. The van der Waals surface area contributed by atoms with E-state index in [1.807, 2.05) is 0 Å². The van der Waals surface area contributed by atoms with E-state index in [9.17, 15) is 14.7 Å². The SMILES string of the molecule is Cn1cc2c(n1)C(O)CC1(CCN(C(=O)c3ccc4[nH]c(=O)[nH]c4c3)CC1)O2. The van der Waals surface area contributed by atoms with Gasteiger partial charge in [0.15, 0.2) is 5.75 Å². The number of H-pyrrole nitrogens is 2. The van der Waals surface area contributed by atoms with Crippen molar-refractivity contribution in [2.75, 3.05) is 13.1 Å². The van der Waals surface area contributed by atoms with Crippen molar-refractivity contribution in [1.29, 1.82) is 0 Å². The smallest absolute Gasteiger partial charge is 0.323 e. The van der Waals surface area contributed by atoms with Crippen molar-refractivity contribution in [2.24, 2.45) is 7.05 Å². The van der Waals surface area contributed by atoms with E-state index in [0.29, 0.717) is 60.4 Å². The summed E-state index contributed by atoms with van der Waals surface area (Å²) in [5.74, 6) is 0.556. The van der Waals surface area contributed by atoms with Gasteiger partial charge in [-0.3, -0.25) is 9.48 Å². The van der Waals surface area contributed by atoms with Crippen molar-refractivity contribution in [2.45, 2.75) is 31.0 Å². The summed E-state index contributed by atoms with van der Waals surface area (Å²) >= 11 is 0. The van der Waals surface area contributed by atoms with Gasteiger partial charge in [0.1, 0.15) is 17.4 Å². The van der Waals surface area contributed by atoms with E-state index >= 15 is 0 Å². The van der Waals surface area contributed by atoms with Gasteiger partial charge in [0.25, 0.3) is 5.91 Å². The Kier molecular flexibility index (Phi) is 3.63. The van der Waals surface area contributed by atoms with Crippen molar-refractivity contribution in [1.82, 2.24) is 24.6 Å². The van der Waals surface area contributed by atoms with Crippen LogP contribution < -0.4 is 10.4 Å². The molecule has 0 radical (unpaired) electrons. The molecule has 9 nitrogen and oxygen atoms in total. The number of carbonyl (C=O) groups excluding carboxylic acids is 1. The first kappa shape index (κ1) is 17.1. The molecule has 2 aliphatic rings. The molecule has 2 aliphatic heterocycles. The third-order valence-electron chi connectivity index (χ3n) is 5.75. The Balaban J connectivity index is 1.32. The number of hydrogen-bond acceptors (Lipinski definition) is 5. The molecule has 0 bridgehead atoms. The lowest BCUT2D eigenvalue weighted by atomic mass is 9.83. The number of amides is 1. The van der Waals surface area contributed by atoms with Gasteiger partial charge in [0.05, 0.1) is 17.2 Å². The van der Waals surface area contributed by atoms with Crippen LogP contribution in [0.3, 0.4) is 0 Å². The average Bonchev–Trinajstić information content (AvgIpc) is 3.22. The number of aliphatic hydroxyl groups excluding tert-OH is 1. The number of imidazole rings is 1. The number of likely N-dealkylation sites (tertiary alicyclic amines) is 1. The molecule has 0 saturated carbocycles. The molecule has 0 aliphatic carbocycles. The largest absolute Gasteiger partial charge is 0.483 e. The van der Waals surface area contributed by atoms with Crippen LogP contribution in [0.5, 0.6) is 5.75 Å².